The van der Waals surface area contributed by atoms with E-state index < -0.39 is 0 Å². The summed E-state index contributed by atoms with van der Waals surface area (Å²) in [5.74, 6) is 1.18. The fourth-order valence-electron chi connectivity index (χ4n) is 4.64. The average molecular weight is 415 g/mol. The topological polar surface area (TPSA) is 49.3 Å². The molecule has 0 bridgehead atoms. The van der Waals surface area contributed by atoms with E-state index >= 15 is 0 Å². The molecule has 2 aromatic rings. The van der Waals surface area contributed by atoms with Crippen LogP contribution < -0.4 is 4.90 Å². The summed E-state index contributed by atoms with van der Waals surface area (Å²) in [6, 6.07) is 8.99. The summed E-state index contributed by atoms with van der Waals surface area (Å²) in [4.78, 5) is 16.9. The molecule has 29 heavy (non-hydrogen) atoms. The van der Waals surface area contributed by atoms with Gasteiger partial charge in [-0.15, -0.1) is 10.2 Å². The molecule has 0 atom stereocenters. The van der Waals surface area contributed by atoms with Crippen LogP contribution in [0.15, 0.2) is 30.3 Å². The molecule has 7 heteroatoms. The molecule has 152 valence electrons. The van der Waals surface area contributed by atoms with Gasteiger partial charge in [0.2, 0.25) is 5.91 Å². The summed E-state index contributed by atoms with van der Waals surface area (Å²) in [7, 11) is 0. The standard InChI is InChI=1S/C22H24ClFN4O/c23-19-5-6-20(26-25-19)28-13-22(14-28)7-9-27(10-8-22)21(29)12-15-1-4-17(16-2-3-16)18(24)11-15/h1,4-6,11,16H,2-3,7-10,12-14H2. The second kappa shape index (κ2) is 7.24. The predicted molar refractivity (Wildman–Crippen MR) is 110 cm³/mol. The first kappa shape index (κ1) is 18.8. The number of benzene rings is 1. The Bertz CT molecular complexity index is 915. The fraction of sp³-hybridized carbons (Fsp3) is 0.500. The van der Waals surface area contributed by atoms with Crippen LogP contribution >= 0.6 is 11.6 Å². The molecule has 1 spiro atoms. The van der Waals surface area contributed by atoms with E-state index in [2.05, 4.69) is 15.1 Å². The molecule has 1 aliphatic carbocycles. The molecule has 3 heterocycles. The number of halogens is 2. The smallest absolute Gasteiger partial charge is 0.226 e. The van der Waals surface area contributed by atoms with Gasteiger partial charge in [0.15, 0.2) is 11.0 Å². The Morgan fingerprint density at radius 3 is 2.52 bits per heavy atom. The quantitative estimate of drug-likeness (QED) is 0.763. The Kier molecular flexibility index (Phi) is 4.69. The van der Waals surface area contributed by atoms with E-state index in [-0.39, 0.29) is 23.6 Å². The third-order valence-corrected chi connectivity index (χ3v) is 6.81. The van der Waals surface area contributed by atoms with E-state index in [0.29, 0.717) is 11.1 Å². The minimum absolute atomic E-state index is 0.0955. The van der Waals surface area contributed by atoms with Crippen molar-refractivity contribution < 1.29 is 9.18 Å². The van der Waals surface area contributed by atoms with E-state index in [1.807, 2.05) is 23.1 Å². The highest BCUT2D eigenvalue weighted by Crippen LogP contribution is 2.43. The van der Waals surface area contributed by atoms with Gasteiger partial charge >= 0.3 is 0 Å². The first-order valence-corrected chi connectivity index (χ1v) is 10.7. The monoisotopic (exact) mass is 414 g/mol. The van der Waals surface area contributed by atoms with Crippen LogP contribution in [0.4, 0.5) is 10.2 Å². The average Bonchev–Trinajstić information content (AvgIpc) is 3.52. The molecule has 1 aromatic carbocycles. The Morgan fingerprint density at radius 1 is 1.14 bits per heavy atom. The van der Waals surface area contributed by atoms with E-state index in [0.717, 1.165) is 68.8 Å². The molecule has 2 aliphatic heterocycles. The molecule has 0 N–H and O–H groups in total. The maximum atomic E-state index is 14.2. The number of nitrogens with zero attached hydrogens (tertiary/aromatic N) is 4. The highest BCUT2D eigenvalue weighted by molar-refractivity contribution is 6.29. The van der Waals surface area contributed by atoms with Gasteiger partial charge in [-0.05, 0) is 60.9 Å². The van der Waals surface area contributed by atoms with Gasteiger partial charge in [-0.25, -0.2) is 4.39 Å². The molecule has 1 aromatic heterocycles. The first-order valence-electron chi connectivity index (χ1n) is 10.3. The van der Waals surface area contributed by atoms with Gasteiger partial charge in [0, 0.05) is 31.6 Å². The number of hydrogen-bond acceptors (Lipinski definition) is 4. The van der Waals surface area contributed by atoms with Crippen molar-refractivity contribution >= 4 is 23.3 Å². The van der Waals surface area contributed by atoms with Crippen LogP contribution in [0.5, 0.6) is 0 Å². The Morgan fingerprint density at radius 2 is 1.90 bits per heavy atom. The lowest BCUT2D eigenvalue weighted by Crippen LogP contribution is -2.61. The van der Waals surface area contributed by atoms with Gasteiger partial charge in [-0.3, -0.25) is 4.79 Å². The number of rotatable bonds is 4. The van der Waals surface area contributed by atoms with Crippen molar-refractivity contribution in [2.45, 2.75) is 38.0 Å². The maximum absolute atomic E-state index is 14.2. The van der Waals surface area contributed by atoms with Crippen molar-refractivity contribution in [2.75, 3.05) is 31.1 Å². The van der Waals surface area contributed by atoms with Crippen LogP contribution in [0.25, 0.3) is 0 Å². The molecule has 3 aliphatic rings. The molecule has 1 saturated carbocycles. The van der Waals surface area contributed by atoms with Crippen LogP contribution in [0, 0.1) is 11.2 Å². The van der Waals surface area contributed by atoms with Gasteiger partial charge in [0.25, 0.3) is 0 Å². The lowest BCUT2D eigenvalue weighted by atomic mass is 9.72. The summed E-state index contributed by atoms with van der Waals surface area (Å²) in [6.45, 7) is 3.42. The van der Waals surface area contributed by atoms with Crippen molar-refractivity contribution in [3.63, 3.8) is 0 Å². The summed E-state index contributed by atoms with van der Waals surface area (Å²) in [6.07, 6.45) is 4.41. The normalized spacial score (nSPS) is 20.6. The molecular weight excluding hydrogens is 391 g/mol. The summed E-state index contributed by atoms with van der Waals surface area (Å²) < 4.78 is 14.2. The minimum atomic E-state index is -0.157. The molecule has 3 fully saturated rings. The van der Waals surface area contributed by atoms with Crippen molar-refractivity contribution in [1.29, 1.82) is 0 Å². The minimum Gasteiger partial charge on any atom is -0.354 e. The largest absolute Gasteiger partial charge is 0.354 e. The lowest BCUT2D eigenvalue weighted by molar-refractivity contribution is -0.133. The van der Waals surface area contributed by atoms with E-state index in [9.17, 15) is 9.18 Å². The van der Waals surface area contributed by atoms with Gasteiger partial charge in [-0.2, -0.15) is 0 Å². The van der Waals surface area contributed by atoms with Gasteiger partial charge in [0.1, 0.15) is 5.82 Å². The number of carbonyl (C=O) groups is 1. The molecule has 1 amide bonds. The van der Waals surface area contributed by atoms with Crippen LogP contribution in [0.3, 0.4) is 0 Å². The summed E-state index contributed by atoms with van der Waals surface area (Å²) >= 11 is 5.81. The van der Waals surface area contributed by atoms with Gasteiger partial charge in [0.05, 0.1) is 6.42 Å². The number of likely N-dealkylation sites (tertiary alicyclic amines) is 1. The number of hydrogen-bond donors (Lipinski definition) is 0. The van der Waals surface area contributed by atoms with Gasteiger partial charge in [-0.1, -0.05) is 23.7 Å². The summed E-state index contributed by atoms with van der Waals surface area (Å²) in [5, 5.41) is 8.46. The molecule has 0 unspecified atom stereocenters. The maximum Gasteiger partial charge on any atom is 0.226 e. The Balaban J connectivity index is 1.13. The third-order valence-electron chi connectivity index (χ3n) is 6.61. The fourth-order valence-corrected chi connectivity index (χ4v) is 4.74. The molecule has 5 nitrogen and oxygen atoms in total. The second-order valence-corrected chi connectivity index (χ2v) is 9.15. The lowest BCUT2D eigenvalue weighted by Gasteiger charge is -2.54. The van der Waals surface area contributed by atoms with E-state index in [4.69, 9.17) is 11.6 Å². The molecular formula is C22H24ClFN4O. The Hall–Kier alpha value is -2.21. The van der Waals surface area contributed by atoms with Gasteiger partial charge < -0.3 is 9.80 Å². The molecule has 0 radical (unpaired) electrons. The van der Waals surface area contributed by atoms with E-state index in [1.54, 1.807) is 12.1 Å². The molecule has 2 saturated heterocycles. The predicted octanol–water partition coefficient (Wildman–Crippen LogP) is 3.82. The SMILES string of the molecule is O=C(Cc1ccc(C2CC2)c(F)c1)N1CCC2(CC1)CN(c1ccc(Cl)nn1)C2. The second-order valence-electron chi connectivity index (χ2n) is 8.76. The van der Waals surface area contributed by atoms with Crippen LogP contribution in [0.2, 0.25) is 5.15 Å². The van der Waals surface area contributed by atoms with E-state index in [1.165, 1.54) is 0 Å². The first-order chi connectivity index (χ1) is 14.0. The van der Waals surface area contributed by atoms with Crippen LogP contribution in [-0.4, -0.2) is 47.2 Å². The van der Waals surface area contributed by atoms with Crippen molar-refractivity contribution in [3.05, 3.63) is 52.4 Å². The number of amides is 1. The molecule has 5 rings (SSSR count). The van der Waals surface area contributed by atoms with Crippen molar-refractivity contribution in [1.82, 2.24) is 15.1 Å². The Labute approximate surface area is 174 Å². The van der Waals surface area contributed by atoms with Crippen molar-refractivity contribution in [2.24, 2.45) is 5.41 Å². The zero-order valence-corrected chi connectivity index (χ0v) is 17.0. The summed E-state index contributed by atoms with van der Waals surface area (Å²) in [5.41, 5.74) is 1.84. The number of carbonyl (C=O) groups excluding carboxylic acids is 1. The zero-order valence-electron chi connectivity index (χ0n) is 16.3. The number of piperidine rings is 1. The zero-order chi connectivity index (χ0) is 20.0. The highest BCUT2D eigenvalue weighted by Gasteiger charge is 2.46. The van der Waals surface area contributed by atoms with Crippen molar-refractivity contribution in [3.8, 4) is 0 Å². The number of anilines is 1. The van der Waals surface area contributed by atoms with Crippen LogP contribution in [0.1, 0.15) is 42.7 Å². The number of aromatic nitrogens is 2. The van der Waals surface area contributed by atoms with Crippen LogP contribution in [-0.2, 0) is 11.2 Å². The highest BCUT2D eigenvalue weighted by atomic mass is 35.5. The third kappa shape index (κ3) is 3.82.